The lowest BCUT2D eigenvalue weighted by molar-refractivity contribution is -0.114. The second-order valence-electron chi connectivity index (χ2n) is 6.97. The van der Waals surface area contributed by atoms with Crippen LogP contribution in [0.25, 0.3) is 6.08 Å². The molecular weight excluding hydrogens is 470 g/mol. The largest absolute Gasteiger partial charge is 0.493 e. The van der Waals surface area contributed by atoms with E-state index in [1.165, 1.54) is 13.2 Å². The van der Waals surface area contributed by atoms with Crippen molar-refractivity contribution in [3.8, 4) is 29.9 Å². The van der Waals surface area contributed by atoms with Crippen LogP contribution in [0, 0.1) is 30.6 Å². The van der Waals surface area contributed by atoms with Crippen LogP contribution in [0.5, 0.6) is 11.5 Å². The van der Waals surface area contributed by atoms with E-state index in [-0.39, 0.29) is 42.3 Å². The van der Waals surface area contributed by atoms with Gasteiger partial charge in [-0.25, -0.2) is 9.59 Å². The number of hydrogen-bond acceptors (Lipinski definition) is 9. The molecule has 0 saturated heterocycles. The Morgan fingerprint density at radius 2 is 1.80 bits per heavy atom. The van der Waals surface area contributed by atoms with Gasteiger partial charge in [-0.05, 0) is 50.1 Å². The lowest BCUT2D eigenvalue weighted by Gasteiger charge is -2.09. The number of thiophene rings is 1. The summed E-state index contributed by atoms with van der Waals surface area (Å²) in [6, 6.07) is 6.78. The van der Waals surface area contributed by atoms with Gasteiger partial charge in [0.15, 0.2) is 17.3 Å². The maximum absolute atomic E-state index is 13.0. The minimum Gasteiger partial charge on any atom is -0.493 e. The number of carbonyl (C=O) groups is 3. The SMILES string of the molecule is C#CCOc1ccc(/C=C(\C#N)C(=O)Cc2sc(C(=O)OCC)c(C)c2C(=O)OCC)cc1OC. The van der Waals surface area contributed by atoms with Crippen molar-refractivity contribution < 1.29 is 33.3 Å². The van der Waals surface area contributed by atoms with E-state index < -0.39 is 17.7 Å². The van der Waals surface area contributed by atoms with Gasteiger partial charge in [-0.3, -0.25) is 4.79 Å². The molecule has 0 aliphatic rings. The summed E-state index contributed by atoms with van der Waals surface area (Å²) in [6.45, 7) is 5.28. The molecule has 0 spiro atoms. The molecule has 0 aliphatic carbocycles. The van der Waals surface area contributed by atoms with Crippen LogP contribution in [0.1, 0.15) is 49.9 Å². The zero-order valence-electron chi connectivity index (χ0n) is 19.9. The van der Waals surface area contributed by atoms with E-state index in [1.54, 1.807) is 39.0 Å². The standard InChI is InChI=1S/C26H25NO7S/c1-6-11-34-20-10-9-17(13-21(20)31-5)12-18(15-27)19(28)14-22-23(25(29)32-7-2)16(4)24(35-22)26(30)33-8-3/h1,9-10,12-13H,7-8,11,14H2,2-5H3/b18-12+. The zero-order chi connectivity index (χ0) is 26.0. The van der Waals surface area contributed by atoms with Crippen molar-refractivity contribution in [2.75, 3.05) is 26.9 Å². The van der Waals surface area contributed by atoms with Crippen LogP contribution in [0.3, 0.4) is 0 Å². The first-order valence-corrected chi connectivity index (χ1v) is 11.5. The molecule has 0 N–H and O–H groups in total. The third-order valence-corrected chi connectivity index (χ3v) is 5.98. The molecule has 182 valence electrons. The van der Waals surface area contributed by atoms with Crippen LogP contribution in [0.2, 0.25) is 0 Å². The number of nitrogens with zero attached hydrogens (tertiary/aromatic N) is 1. The second-order valence-corrected chi connectivity index (χ2v) is 8.07. The quantitative estimate of drug-likeness (QED) is 0.198. The predicted octanol–water partition coefficient (Wildman–Crippen LogP) is 4.15. The molecule has 0 atom stereocenters. The summed E-state index contributed by atoms with van der Waals surface area (Å²) in [7, 11) is 1.46. The molecule has 1 heterocycles. The highest BCUT2D eigenvalue weighted by molar-refractivity contribution is 7.14. The molecule has 2 aromatic rings. The van der Waals surface area contributed by atoms with E-state index in [4.69, 9.17) is 25.4 Å². The number of ether oxygens (including phenoxy) is 4. The maximum atomic E-state index is 13.0. The van der Waals surface area contributed by atoms with Crippen LogP contribution in [-0.2, 0) is 20.7 Å². The van der Waals surface area contributed by atoms with Gasteiger partial charge in [-0.15, -0.1) is 17.8 Å². The van der Waals surface area contributed by atoms with Crippen molar-refractivity contribution in [1.82, 2.24) is 0 Å². The van der Waals surface area contributed by atoms with E-state index in [0.29, 0.717) is 27.5 Å². The number of Topliss-reactive ketones (excluding diaryl/α,β-unsaturated/α-hetero) is 1. The van der Waals surface area contributed by atoms with Crippen molar-refractivity contribution in [2.24, 2.45) is 0 Å². The number of benzene rings is 1. The van der Waals surface area contributed by atoms with Crippen LogP contribution < -0.4 is 9.47 Å². The lowest BCUT2D eigenvalue weighted by Crippen LogP contribution is -2.12. The average molecular weight is 496 g/mol. The maximum Gasteiger partial charge on any atom is 0.348 e. The molecule has 35 heavy (non-hydrogen) atoms. The molecule has 1 aromatic heterocycles. The monoisotopic (exact) mass is 495 g/mol. The summed E-state index contributed by atoms with van der Waals surface area (Å²) in [4.78, 5) is 38.5. The second kappa shape index (κ2) is 13.0. The normalized spacial score (nSPS) is 10.6. The fraction of sp³-hybridized carbons (Fsp3) is 0.308. The Kier molecular flexibility index (Phi) is 10.1. The summed E-state index contributed by atoms with van der Waals surface area (Å²) < 4.78 is 20.9. The highest BCUT2D eigenvalue weighted by Gasteiger charge is 2.28. The van der Waals surface area contributed by atoms with Gasteiger partial charge in [0.1, 0.15) is 17.6 Å². The Balaban J connectivity index is 2.41. The van der Waals surface area contributed by atoms with Gasteiger partial charge >= 0.3 is 11.9 Å². The van der Waals surface area contributed by atoms with E-state index in [2.05, 4.69) is 5.92 Å². The van der Waals surface area contributed by atoms with Gasteiger partial charge in [-0.2, -0.15) is 5.26 Å². The molecule has 0 amide bonds. The first-order valence-electron chi connectivity index (χ1n) is 10.7. The molecule has 8 nitrogen and oxygen atoms in total. The fourth-order valence-electron chi connectivity index (χ4n) is 3.15. The van der Waals surface area contributed by atoms with Crippen molar-refractivity contribution in [2.45, 2.75) is 27.2 Å². The number of rotatable bonds is 11. The van der Waals surface area contributed by atoms with Gasteiger partial charge in [-0.1, -0.05) is 12.0 Å². The smallest absolute Gasteiger partial charge is 0.348 e. The predicted molar refractivity (Wildman–Crippen MR) is 131 cm³/mol. The highest BCUT2D eigenvalue weighted by atomic mass is 32.1. The molecule has 2 rings (SSSR count). The number of ketones is 1. The Hall–Kier alpha value is -4.08. The number of carbonyl (C=O) groups excluding carboxylic acids is 3. The Morgan fingerprint density at radius 1 is 1.11 bits per heavy atom. The van der Waals surface area contributed by atoms with Crippen molar-refractivity contribution in [1.29, 1.82) is 5.26 Å². The van der Waals surface area contributed by atoms with E-state index >= 15 is 0 Å². The van der Waals surface area contributed by atoms with Crippen LogP contribution in [0.15, 0.2) is 23.8 Å². The summed E-state index contributed by atoms with van der Waals surface area (Å²) >= 11 is 0.981. The van der Waals surface area contributed by atoms with Crippen LogP contribution in [-0.4, -0.2) is 44.7 Å². The van der Waals surface area contributed by atoms with Gasteiger partial charge in [0.05, 0.1) is 31.5 Å². The van der Waals surface area contributed by atoms with Crippen LogP contribution >= 0.6 is 11.3 Å². The molecule has 0 radical (unpaired) electrons. The summed E-state index contributed by atoms with van der Waals surface area (Å²) in [5, 5.41) is 9.63. The Labute approximate surface area is 208 Å². The number of terminal acetylenes is 1. The van der Waals surface area contributed by atoms with E-state index in [9.17, 15) is 19.6 Å². The minimum atomic E-state index is -0.644. The summed E-state index contributed by atoms with van der Waals surface area (Å²) in [5.41, 5.74) is 0.912. The molecule has 0 bridgehead atoms. The first kappa shape index (κ1) is 27.2. The minimum absolute atomic E-state index is 0.0598. The van der Waals surface area contributed by atoms with E-state index in [0.717, 1.165) is 11.3 Å². The molecule has 0 fully saturated rings. The molecule has 9 heteroatoms. The Bertz CT molecular complexity index is 1230. The number of methoxy groups -OCH3 is 1. The van der Waals surface area contributed by atoms with Gasteiger partial charge < -0.3 is 18.9 Å². The third kappa shape index (κ3) is 6.72. The average Bonchev–Trinajstić information content (AvgIpc) is 3.17. The van der Waals surface area contributed by atoms with Gasteiger partial charge in [0.25, 0.3) is 0 Å². The highest BCUT2D eigenvalue weighted by Crippen LogP contribution is 2.32. The van der Waals surface area contributed by atoms with Crippen molar-refractivity contribution in [3.05, 3.63) is 50.2 Å². The summed E-state index contributed by atoms with van der Waals surface area (Å²) in [6.07, 6.45) is 6.36. The number of nitriles is 1. The molecular formula is C26H25NO7S. The fourth-order valence-corrected chi connectivity index (χ4v) is 4.34. The number of hydrogen-bond donors (Lipinski definition) is 0. The van der Waals surface area contributed by atoms with E-state index in [1.807, 2.05) is 6.07 Å². The molecule has 0 aliphatic heterocycles. The summed E-state index contributed by atoms with van der Waals surface area (Å²) in [5.74, 6) is 1.41. The Morgan fingerprint density at radius 3 is 2.40 bits per heavy atom. The third-order valence-electron chi connectivity index (χ3n) is 4.71. The first-order chi connectivity index (χ1) is 16.8. The van der Waals surface area contributed by atoms with Crippen LogP contribution in [0.4, 0.5) is 0 Å². The number of allylic oxidation sites excluding steroid dienone is 1. The molecule has 0 saturated carbocycles. The van der Waals surface area contributed by atoms with Gasteiger partial charge in [0, 0.05) is 11.3 Å². The number of esters is 2. The van der Waals surface area contributed by atoms with Crippen molar-refractivity contribution >= 4 is 35.1 Å². The molecule has 0 unspecified atom stereocenters. The topological polar surface area (TPSA) is 112 Å². The zero-order valence-corrected chi connectivity index (χ0v) is 20.7. The van der Waals surface area contributed by atoms with Crippen molar-refractivity contribution in [3.63, 3.8) is 0 Å². The molecule has 1 aromatic carbocycles. The van der Waals surface area contributed by atoms with Gasteiger partial charge in [0.2, 0.25) is 0 Å². The lowest BCUT2D eigenvalue weighted by atomic mass is 10.0.